The number of rotatable bonds is 3. The first-order valence-electron chi connectivity index (χ1n) is 6.29. The molecule has 2 rings (SSSR count). The van der Waals surface area contributed by atoms with Crippen molar-refractivity contribution in [1.29, 1.82) is 0 Å². The first-order chi connectivity index (χ1) is 9.33. The van der Waals surface area contributed by atoms with Crippen LogP contribution in [0.3, 0.4) is 0 Å². The van der Waals surface area contributed by atoms with Gasteiger partial charge in [0.2, 0.25) is 0 Å². The van der Waals surface area contributed by atoms with E-state index in [0.717, 1.165) is 12.8 Å². The predicted molar refractivity (Wildman–Crippen MR) is 70.6 cm³/mol. The summed E-state index contributed by atoms with van der Waals surface area (Å²) in [5, 5.41) is 2.84. The molecule has 0 bridgehead atoms. The zero-order valence-corrected chi connectivity index (χ0v) is 10.9. The number of nitrogens with one attached hydrogen (secondary N) is 1. The van der Waals surface area contributed by atoms with Gasteiger partial charge in [0.05, 0.1) is 6.04 Å². The summed E-state index contributed by atoms with van der Waals surface area (Å²) in [6, 6.07) is 5.57. The Balaban J connectivity index is 1.93. The molecule has 1 aliphatic rings. The molecule has 1 aliphatic carbocycles. The Morgan fingerprint density at radius 2 is 1.95 bits per heavy atom. The van der Waals surface area contributed by atoms with E-state index in [1.54, 1.807) is 0 Å². The predicted octanol–water partition coefficient (Wildman–Crippen LogP) is 3.11. The average Bonchev–Trinajstić information content (AvgIpc) is 2.35. The van der Waals surface area contributed by atoms with E-state index in [0.29, 0.717) is 11.6 Å². The number of hydrogen-bond acceptors (Lipinski definition) is 2. The van der Waals surface area contributed by atoms with Crippen LogP contribution in [0.1, 0.15) is 19.8 Å². The van der Waals surface area contributed by atoms with Crippen LogP contribution < -0.4 is 15.8 Å². The fraction of sp³-hybridized carbons (Fsp3) is 0.462. The van der Waals surface area contributed by atoms with Gasteiger partial charge >= 0.3 is 6.36 Å². The van der Waals surface area contributed by atoms with Crippen molar-refractivity contribution in [3.8, 4) is 5.75 Å². The minimum Gasteiger partial charge on any atom is -0.406 e. The van der Waals surface area contributed by atoms with Crippen molar-refractivity contribution in [3.63, 3.8) is 0 Å². The first kappa shape index (κ1) is 14.5. The lowest BCUT2D eigenvalue weighted by atomic mass is 9.82. The smallest absolute Gasteiger partial charge is 0.406 e. The summed E-state index contributed by atoms with van der Waals surface area (Å²) in [6.45, 7) is 2.11. The molecule has 0 amide bonds. The van der Waals surface area contributed by atoms with Gasteiger partial charge in [-0.3, -0.25) is 0 Å². The molecule has 1 aromatic rings. The van der Waals surface area contributed by atoms with Crippen molar-refractivity contribution in [2.75, 3.05) is 5.32 Å². The van der Waals surface area contributed by atoms with Crippen molar-refractivity contribution in [1.82, 2.24) is 0 Å². The Morgan fingerprint density at radius 3 is 2.40 bits per heavy atom. The van der Waals surface area contributed by atoms with Crippen LogP contribution in [0.15, 0.2) is 29.3 Å². The van der Waals surface area contributed by atoms with Gasteiger partial charge in [-0.2, -0.15) is 0 Å². The highest BCUT2D eigenvalue weighted by Crippen LogP contribution is 2.29. The lowest BCUT2D eigenvalue weighted by Crippen LogP contribution is -2.32. The number of hydrogen-bond donors (Lipinski definition) is 2. The second-order valence-corrected chi connectivity index (χ2v) is 4.83. The highest BCUT2D eigenvalue weighted by Gasteiger charge is 2.31. The molecular formula is C13H16F3N3O. The molecule has 7 heteroatoms. The van der Waals surface area contributed by atoms with Crippen LogP contribution in [0.5, 0.6) is 5.75 Å². The molecule has 1 saturated carbocycles. The summed E-state index contributed by atoms with van der Waals surface area (Å²) in [5.41, 5.74) is 6.31. The Kier molecular flexibility index (Phi) is 4.06. The van der Waals surface area contributed by atoms with Gasteiger partial charge in [-0.15, -0.1) is 13.2 Å². The van der Waals surface area contributed by atoms with Crippen LogP contribution in [0, 0.1) is 5.92 Å². The van der Waals surface area contributed by atoms with Crippen LogP contribution in [-0.2, 0) is 0 Å². The second kappa shape index (κ2) is 5.60. The van der Waals surface area contributed by atoms with Crippen molar-refractivity contribution in [2.24, 2.45) is 16.6 Å². The molecule has 2 unspecified atom stereocenters. The van der Waals surface area contributed by atoms with Crippen molar-refractivity contribution >= 4 is 11.6 Å². The highest BCUT2D eigenvalue weighted by atomic mass is 19.4. The summed E-state index contributed by atoms with van der Waals surface area (Å²) in [5.74, 6) is 0.523. The summed E-state index contributed by atoms with van der Waals surface area (Å²) in [7, 11) is 0. The number of guanidine groups is 1. The Morgan fingerprint density at radius 1 is 1.30 bits per heavy atom. The van der Waals surface area contributed by atoms with Crippen LogP contribution in [0.4, 0.5) is 18.9 Å². The Hall–Kier alpha value is -1.92. The molecule has 1 aromatic carbocycles. The normalized spacial score (nSPS) is 23.1. The van der Waals surface area contributed by atoms with E-state index < -0.39 is 6.36 Å². The average molecular weight is 287 g/mol. The summed E-state index contributed by atoms with van der Waals surface area (Å²) < 4.78 is 39.8. The molecule has 2 atom stereocenters. The molecule has 0 radical (unpaired) electrons. The Labute approximate surface area is 114 Å². The zero-order chi connectivity index (χ0) is 14.8. The molecule has 0 saturated heterocycles. The third-order valence-electron chi connectivity index (χ3n) is 3.24. The quantitative estimate of drug-likeness (QED) is 0.663. The molecular weight excluding hydrogens is 271 g/mol. The molecule has 0 aromatic heterocycles. The van der Waals surface area contributed by atoms with E-state index in [-0.39, 0.29) is 17.8 Å². The fourth-order valence-corrected chi connectivity index (χ4v) is 1.94. The van der Waals surface area contributed by atoms with Gasteiger partial charge in [0, 0.05) is 5.69 Å². The number of nitrogens with zero attached hydrogens (tertiary/aromatic N) is 1. The number of halogens is 3. The molecule has 1 fully saturated rings. The van der Waals surface area contributed by atoms with E-state index in [2.05, 4.69) is 22.0 Å². The van der Waals surface area contributed by atoms with Gasteiger partial charge in [0.1, 0.15) is 5.75 Å². The molecule has 0 spiro atoms. The number of alkyl halides is 3. The molecule has 0 heterocycles. The SMILES string of the molecule is CC1CCC1N=C(N)Nc1ccc(OC(F)(F)F)cc1. The summed E-state index contributed by atoms with van der Waals surface area (Å²) in [6.07, 6.45) is -2.53. The molecule has 4 nitrogen and oxygen atoms in total. The monoisotopic (exact) mass is 287 g/mol. The lowest BCUT2D eigenvalue weighted by molar-refractivity contribution is -0.274. The maximum absolute atomic E-state index is 12.0. The minimum atomic E-state index is -4.68. The second-order valence-electron chi connectivity index (χ2n) is 4.83. The zero-order valence-electron chi connectivity index (χ0n) is 10.9. The van der Waals surface area contributed by atoms with Gasteiger partial charge in [-0.25, -0.2) is 4.99 Å². The van der Waals surface area contributed by atoms with E-state index in [4.69, 9.17) is 5.73 Å². The molecule has 3 N–H and O–H groups in total. The highest BCUT2D eigenvalue weighted by molar-refractivity contribution is 5.92. The number of benzene rings is 1. The van der Waals surface area contributed by atoms with E-state index in [1.807, 2.05) is 0 Å². The number of ether oxygens (including phenoxy) is 1. The number of nitrogens with two attached hydrogens (primary N) is 1. The standard InChI is InChI=1S/C13H16F3N3O/c1-8-2-7-11(8)19-12(17)18-9-3-5-10(6-4-9)20-13(14,15)16/h3-6,8,11H,2,7H2,1H3,(H3,17,18,19). The van der Waals surface area contributed by atoms with Crippen molar-refractivity contribution in [3.05, 3.63) is 24.3 Å². The van der Waals surface area contributed by atoms with Gasteiger partial charge in [-0.05, 0) is 43.0 Å². The maximum Gasteiger partial charge on any atom is 0.573 e. The van der Waals surface area contributed by atoms with Crippen LogP contribution >= 0.6 is 0 Å². The van der Waals surface area contributed by atoms with Crippen LogP contribution in [-0.4, -0.2) is 18.4 Å². The van der Waals surface area contributed by atoms with Crippen LogP contribution in [0.25, 0.3) is 0 Å². The number of anilines is 1. The van der Waals surface area contributed by atoms with Gasteiger partial charge in [-0.1, -0.05) is 6.92 Å². The van der Waals surface area contributed by atoms with Crippen LogP contribution in [0.2, 0.25) is 0 Å². The van der Waals surface area contributed by atoms with E-state index in [9.17, 15) is 13.2 Å². The minimum absolute atomic E-state index is 0.232. The largest absolute Gasteiger partial charge is 0.573 e. The summed E-state index contributed by atoms with van der Waals surface area (Å²) in [4.78, 5) is 4.31. The molecule has 110 valence electrons. The van der Waals surface area contributed by atoms with Crippen molar-refractivity contribution < 1.29 is 17.9 Å². The van der Waals surface area contributed by atoms with Crippen molar-refractivity contribution in [2.45, 2.75) is 32.2 Å². The van der Waals surface area contributed by atoms with E-state index >= 15 is 0 Å². The third-order valence-corrected chi connectivity index (χ3v) is 3.24. The molecule has 20 heavy (non-hydrogen) atoms. The summed E-state index contributed by atoms with van der Waals surface area (Å²) >= 11 is 0. The Bertz CT molecular complexity index is 485. The number of aliphatic imine (C=N–C) groups is 1. The van der Waals surface area contributed by atoms with Gasteiger partial charge in [0.15, 0.2) is 5.96 Å². The third kappa shape index (κ3) is 4.04. The van der Waals surface area contributed by atoms with E-state index in [1.165, 1.54) is 24.3 Å². The van der Waals surface area contributed by atoms with Gasteiger partial charge in [0.25, 0.3) is 0 Å². The molecule has 0 aliphatic heterocycles. The topological polar surface area (TPSA) is 59.6 Å². The first-order valence-corrected chi connectivity index (χ1v) is 6.29. The maximum atomic E-state index is 12.0. The lowest BCUT2D eigenvalue weighted by Gasteiger charge is -2.30. The van der Waals surface area contributed by atoms with Gasteiger partial charge < -0.3 is 15.8 Å². The fourth-order valence-electron chi connectivity index (χ4n) is 1.94.